The Morgan fingerprint density at radius 1 is 0.765 bits per heavy atom. The number of nitrogens with one attached hydrogen (secondary N) is 1. The lowest BCUT2D eigenvalue weighted by molar-refractivity contribution is 0.204. The molecule has 96 valence electrons. The predicted octanol–water partition coefficient (Wildman–Crippen LogP) is 3.59. The fourth-order valence-electron chi connectivity index (χ4n) is 5.84. The molecule has 0 saturated heterocycles. The summed E-state index contributed by atoms with van der Waals surface area (Å²) in [5.41, 5.74) is 0. The van der Waals surface area contributed by atoms with Crippen LogP contribution >= 0.6 is 0 Å². The second-order valence-electron chi connectivity index (χ2n) is 7.32. The summed E-state index contributed by atoms with van der Waals surface area (Å²) in [6, 6.07) is 0.917. The maximum atomic E-state index is 3.97. The summed E-state index contributed by atoms with van der Waals surface area (Å²) in [4.78, 5) is 0. The molecule has 4 aliphatic rings. The molecule has 2 bridgehead atoms. The van der Waals surface area contributed by atoms with Gasteiger partial charge in [-0.15, -0.1) is 0 Å². The Bertz CT molecular complexity index is 281. The summed E-state index contributed by atoms with van der Waals surface area (Å²) in [6.07, 6.45) is 13.8. The predicted molar refractivity (Wildman–Crippen MR) is 70.8 cm³/mol. The minimum absolute atomic E-state index is 0.917. The summed E-state index contributed by atoms with van der Waals surface area (Å²) in [6.45, 7) is 1.34. The van der Waals surface area contributed by atoms with Crippen molar-refractivity contribution in [2.45, 2.75) is 63.8 Å². The molecule has 1 nitrogen and oxygen atoms in total. The maximum absolute atomic E-state index is 3.97. The van der Waals surface area contributed by atoms with Gasteiger partial charge in [0.2, 0.25) is 0 Å². The van der Waals surface area contributed by atoms with Crippen LogP contribution in [0.2, 0.25) is 0 Å². The summed E-state index contributed by atoms with van der Waals surface area (Å²) in [5.74, 6) is 5.51. The van der Waals surface area contributed by atoms with Crippen LogP contribution in [-0.4, -0.2) is 12.6 Å². The minimum atomic E-state index is 0.917. The molecule has 1 heteroatoms. The molecule has 5 unspecified atom stereocenters. The van der Waals surface area contributed by atoms with Gasteiger partial charge in [-0.2, -0.15) is 0 Å². The maximum Gasteiger partial charge on any atom is 0.0101 e. The van der Waals surface area contributed by atoms with Gasteiger partial charge in [-0.3, -0.25) is 0 Å². The molecular weight excluding hydrogens is 206 g/mol. The van der Waals surface area contributed by atoms with Gasteiger partial charge in [0.15, 0.2) is 0 Å². The molecule has 1 N–H and O–H groups in total. The Balaban J connectivity index is 1.34. The minimum Gasteiger partial charge on any atom is -0.313 e. The van der Waals surface area contributed by atoms with Crippen LogP contribution in [0.5, 0.6) is 0 Å². The highest BCUT2D eigenvalue weighted by Crippen LogP contribution is 2.58. The van der Waals surface area contributed by atoms with Crippen molar-refractivity contribution in [3.63, 3.8) is 0 Å². The molecular formula is C16H27N. The van der Waals surface area contributed by atoms with E-state index in [0.29, 0.717) is 0 Å². The molecule has 4 rings (SSSR count). The van der Waals surface area contributed by atoms with Crippen molar-refractivity contribution in [3.05, 3.63) is 0 Å². The monoisotopic (exact) mass is 233 g/mol. The summed E-state index contributed by atoms with van der Waals surface area (Å²) in [7, 11) is 0. The molecule has 4 saturated carbocycles. The SMILES string of the molecule is C1CCC(CNC2CC3CC2C2CCCC32)C1. The first-order valence-corrected chi connectivity index (χ1v) is 8.15. The Morgan fingerprint density at radius 2 is 1.59 bits per heavy atom. The number of hydrogen-bond donors (Lipinski definition) is 1. The van der Waals surface area contributed by atoms with Crippen LogP contribution < -0.4 is 5.32 Å². The molecule has 17 heavy (non-hydrogen) atoms. The smallest absolute Gasteiger partial charge is 0.0101 e. The third kappa shape index (κ3) is 1.77. The molecule has 0 aliphatic heterocycles. The number of hydrogen-bond acceptors (Lipinski definition) is 1. The average Bonchev–Trinajstić information content (AvgIpc) is 3.08. The van der Waals surface area contributed by atoms with Crippen molar-refractivity contribution in [1.29, 1.82) is 0 Å². The van der Waals surface area contributed by atoms with Crippen LogP contribution in [0.15, 0.2) is 0 Å². The summed E-state index contributed by atoms with van der Waals surface area (Å²) >= 11 is 0. The van der Waals surface area contributed by atoms with Crippen LogP contribution in [0.25, 0.3) is 0 Å². The molecule has 0 amide bonds. The fraction of sp³-hybridized carbons (Fsp3) is 1.00. The first-order valence-electron chi connectivity index (χ1n) is 8.15. The first-order chi connectivity index (χ1) is 8.42. The molecule has 5 atom stereocenters. The van der Waals surface area contributed by atoms with Gasteiger partial charge in [-0.05, 0) is 74.7 Å². The standard InChI is InChI=1S/C16H27N/c1-2-5-11(4-1)10-17-16-9-12-8-15(16)14-7-3-6-13(12)14/h11-17H,1-10H2. The van der Waals surface area contributed by atoms with Gasteiger partial charge in [0, 0.05) is 6.04 Å². The second-order valence-corrected chi connectivity index (χ2v) is 7.32. The number of fused-ring (bicyclic) bond motifs is 5. The van der Waals surface area contributed by atoms with E-state index in [2.05, 4.69) is 5.32 Å². The largest absolute Gasteiger partial charge is 0.313 e. The van der Waals surface area contributed by atoms with Gasteiger partial charge in [-0.1, -0.05) is 19.3 Å². The zero-order valence-electron chi connectivity index (χ0n) is 11.0. The van der Waals surface area contributed by atoms with Crippen molar-refractivity contribution in [2.24, 2.45) is 29.6 Å². The third-order valence-corrected chi connectivity index (χ3v) is 6.57. The van der Waals surface area contributed by atoms with E-state index >= 15 is 0 Å². The van der Waals surface area contributed by atoms with E-state index in [9.17, 15) is 0 Å². The number of rotatable bonds is 3. The molecule has 4 fully saturated rings. The van der Waals surface area contributed by atoms with Gasteiger partial charge < -0.3 is 5.32 Å². The van der Waals surface area contributed by atoms with E-state index in [1.54, 1.807) is 19.3 Å². The summed E-state index contributed by atoms with van der Waals surface area (Å²) < 4.78 is 0. The van der Waals surface area contributed by atoms with Crippen LogP contribution in [0, 0.1) is 29.6 Å². The Labute approximate surface area is 106 Å². The molecule has 0 radical (unpaired) electrons. The normalized spacial score (nSPS) is 49.1. The van der Waals surface area contributed by atoms with Crippen LogP contribution in [0.1, 0.15) is 57.8 Å². The molecule has 0 aromatic carbocycles. The molecule has 4 aliphatic carbocycles. The topological polar surface area (TPSA) is 12.0 Å². The van der Waals surface area contributed by atoms with Crippen molar-refractivity contribution in [2.75, 3.05) is 6.54 Å². The van der Waals surface area contributed by atoms with Gasteiger partial charge in [0.25, 0.3) is 0 Å². The van der Waals surface area contributed by atoms with Crippen molar-refractivity contribution in [3.8, 4) is 0 Å². The van der Waals surface area contributed by atoms with E-state index < -0.39 is 0 Å². The quantitative estimate of drug-likeness (QED) is 0.785. The van der Waals surface area contributed by atoms with Crippen LogP contribution in [0.4, 0.5) is 0 Å². The zero-order chi connectivity index (χ0) is 11.2. The highest BCUT2D eigenvalue weighted by atomic mass is 14.9. The Kier molecular flexibility index (Phi) is 2.72. The van der Waals surface area contributed by atoms with Gasteiger partial charge in [0.1, 0.15) is 0 Å². The highest BCUT2D eigenvalue weighted by Gasteiger charge is 2.53. The van der Waals surface area contributed by atoms with Gasteiger partial charge >= 0.3 is 0 Å². The third-order valence-electron chi connectivity index (χ3n) is 6.57. The Morgan fingerprint density at radius 3 is 2.47 bits per heavy atom. The molecule has 0 aromatic rings. The fourth-order valence-corrected chi connectivity index (χ4v) is 5.84. The summed E-state index contributed by atoms with van der Waals surface area (Å²) in [5, 5.41) is 3.97. The van der Waals surface area contributed by atoms with Crippen LogP contribution in [0.3, 0.4) is 0 Å². The average molecular weight is 233 g/mol. The van der Waals surface area contributed by atoms with E-state index in [0.717, 1.165) is 35.6 Å². The van der Waals surface area contributed by atoms with Gasteiger partial charge in [0.05, 0.1) is 0 Å². The molecule has 0 aromatic heterocycles. The second kappa shape index (κ2) is 4.26. The Hall–Kier alpha value is -0.0400. The van der Waals surface area contributed by atoms with Crippen molar-refractivity contribution in [1.82, 2.24) is 5.32 Å². The van der Waals surface area contributed by atoms with E-state index in [4.69, 9.17) is 0 Å². The lowest BCUT2D eigenvalue weighted by Crippen LogP contribution is -2.41. The molecule has 0 spiro atoms. The van der Waals surface area contributed by atoms with Gasteiger partial charge in [-0.25, -0.2) is 0 Å². The molecule has 0 heterocycles. The zero-order valence-corrected chi connectivity index (χ0v) is 11.0. The first kappa shape index (κ1) is 10.8. The van der Waals surface area contributed by atoms with E-state index in [1.165, 1.54) is 45.1 Å². The van der Waals surface area contributed by atoms with Crippen molar-refractivity contribution >= 4 is 0 Å². The van der Waals surface area contributed by atoms with E-state index in [1.807, 2.05) is 0 Å². The van der Waals surface area contributed by atoms with Crippen LogP contribution in [-0.2, 0) is 0 Å². The lowest BCUT2D eigenvalue weighted by Gasteiger charge is -2.32. The van der Waals surface area contributed by atoms with Crippen molar-refractivity contribution < 1.29 is 0 Å². The highest BCUT2D eigenvalue weighted by molar-refractivity contribution is 5.05. The lowest BCUT2D eigenvalue weighted by atomic mass is 9.79. The van der Waals surface area contributed by atoms with E-state index in [-0.39, 0.29) is 0 Å².